The van der Waals surface area contributed by atoms with Gasteiger partial charge in [0, 0.05) is 21.4 Å². The number of hydrogen-bond donors (Lipinski definition) is 2. The molecule has 132 valence electrons. The third-order valence-electron chi connectivity index (χ3n) is 3.77. The monoisotopic (exact) mass is 353 g/mol. The maximum atomic E-state index is 7.67. The van der Waals surface area contributed by atoms with Crippen LogP contribution in [0, 0.1) is 5.41 Å². The van der Waals surface area contributed by atoms with E-state index in [0.29, 0.717) is 0 Å². The molecule has 0 aliphatic carbocycles. The van der Waals surface area contributed by atoms with E-state index in [4.69, 9.17) is 18.0 Å². The minimum atomic E-state index is 0.0191. The number of benzene rings is 1. The molecule has 0 atom stereocenters. The van der Waals surface area contributed by atoms with Gasteiger partial charge < -0.3 is 5.41 Å². The molecule has 0 bridgehead atoms. The zero-order valence-electron chi connectivity index (χ0n) is 16.2. The molecular formula is C20H35NS2. The largest absolute Gasteiger partial charge is 0.308 e. The van der Waals surface area contributed by atoms with E-state index in [1.54, 1.807) is 0 Å². The average Bonchev–Trinajstić information content (AvgIpc) is 2.48. The van der Waals surface area contributed by atoms with E-state index in [-0.39, 0.29) is 10.2 Å². The van der Waals surface area contributed by atoms with Gasteiger partial charge in [-0.1, -0.05) is 54.0 Å². The summed E-state index contributed by atoms with van der Waals surface area (Å²) in [5, 5.41) is 7.67. The van der Waals surface area contributed by atoms with Crippen molar-refractivity contribution in [2.45, 2.75) is 83.3 Å². The second-order valence-electron chi connectivity index (χ2n) is 7.07. The topological polar surface area (TPSA) is 23.9 Å². The Morgan fingerprint density at radius 3 is 2.13 bits per heavy atom. The van der Waals surface area contributed by atoms with Gasteiger partial charge in [0.05, 0.1) is 0 Å². The van der Waals surface area contributed by atoms with Gasteiger partial charge in [0.25, 0.3) is 0 Å². The molecule has 0 radical (unpaired) electrons. The predicted octanol–water partition coefficient (Wildman–Crippen LogP) is 7.07. The minimum Gasteiger partial charge on any atom is -0.308 e. The van der Waals surface area contributed by atoms with Crippen LogP contribution in [0.2, 0.25) is 0 Å². The van der Waals surface area contributed by atoms with Gasteiger partial charge in [-0.15, -0.1) is 12.6 Å². The van der Waals surface area contributed by atoms with Gasteiger partial charge in [-0.25, -0.2) is 0 Å². The van der Waals surface area contributed by atoms with E-state index in [9.17, 15) is 0 Å². The molecule has 1 rings (SSSR count). The van der Waals surface area contributed by atoms with Crippen molar-refractivity contribution in [2.24, 2.45) is 0 Å². The Morgan fingerprint density at radius 1 is 1.13 bits per heavy atom. The Morgan fingerprint density at radius 2 is 1.70 bits per heavy atom. The van der Waals surface area contributed by atoms with Gasteiger partial charge in [-0.05, 0) is 48.6 Å². The van der Waals surface area contributed by atoms with Crippen LogP contribution in [-0.4, -0.2) is 12.0 Å². The molecule has 3 heteroatoms. The molecule has 0 aliphatic heterocycles. The Balaban J connectivity index is 0.00000232. The van der Waals surface area contributed by atoms with Crippen LogP contribution >= 0.6 is 24.4 Å². The van der Waals surface area contributed by atoms with Crippen LogP contribution in [-0.2, 0) is 10.2 Å². The third-order valence-corrected chi connectivity index (χ3v) is 5.70. The molecule has 0 saturated heterocycles. The van der Waals surface area contributed by atoms with Crippen LogP contribution in [0.25, 0.3) is 0 Å². The van der Waals surface area contributed by atoms with Crippen LogP contribution < -0.4 is 0 Å². The molecule has 23 heavy (non-hydrogen) atoms. The molecule has 0 fully saturated rings. The fraction of sp³-hybridized carbons (Fsp3) is 0.650. The van der Waals surface area contributed by atoms with Gasteiger partial charge >= 0.3 is 0 Å². The van der Waals surface area contributed by atoms with Crippen LogP contribution in [0.3, 0.4) is 0 Å². The van der Waals surface area contributed by atoms with E-state index >= 15 is 0 Å². The SMILES string of the molecule is CC.CCCCSC(C)(C)c1cc(C(C)(C)C)cc(C=N)c1S. The number of hydrogen-bond acceptors (Lipinski definition) is 3. The fourth-order valence-corrected chi connectivity index (χ4v) is 4.02. The Labute approximate surface area is 154 Å². The fourth-order valence-electron chi connectivity index (χ4n) is 2.21. The summed E-state index contributed by atoms with van der Waals surface area (Å²) in [4.78, 5) is 0.951. The van der Waals surface area contributed by atoms with Crippen molar-refractivity contribution in [3.8, 4) is 0 Å². The quantitative estimate of drug-likeness (QED) is 0.319. The molecule has 0 saturated carbocycles. The lowest BCUT2D eigenvalue weighted by atomic mass is 9.83. The molecule has 0 heterocycles. The number of unbranched alkanes of at least 4 members (excludes halogenated alkanes) is 1. The number of thiol groups is 1. The maximum absolute atomic E-state index is 7.67. The molecule has 0 aromatic heterocycles. The summed E-state index contributed by atoms with van der Waals surface area (Å²) < 4.78 is 0.0191. The summed E-state index contributed by atoms with van der Waals surface area (Å²) in [7, 11) is 0. The van der Waals surface area contributed by atoms with E-state index < -0.39 is 0 Å². The third kappa shape index (κ3) is 6.54. The zero-order valence-corrected chi connectivity index (χ0v) is 17.9. The highest BCUT2D eigenvalue weighted by molar-refractivity contribution is 8.00. The zero-order chi connectivity index (χ0) is 18.3. The van der Waals surface area contributed by atoms with Gasteiger partial charge in [-0.2, -0.15) is 11.8 Å². The van der Waals surface area contributed by atoms with Crippen LogP contribution in [0.1, 0.15) is 84.9 Å². The lowest BCUT2D eigenvalue weighted by Crippen LogP contribution is -2.19. The van der Waals surface area contributed by atoms with Crippen molar-refractivity contribution in [2.75, 3.05) is 5.75 Å². The van der Waals surface area contributed by atoms with E-state index in [1.807, 2.05) is 25.6 Å². The van der Waals surface area contributed by atoms with Gasteiger partial charge in [0.1, 0.15) is 0 Å². The Hall–Kier alpha value is -0.410. The predicted molar refractivity (Wildman–Crippen MR) is 112 cm³/mol. The first-order chi connectivity index (χ1) is 10.6. The van der Waals surface area contributed by atoms with Crippen molar-refractivity contribution < 1.29 is 0 Å². The van der Waals surface area contributed by atoms with Crippen molar-refractivity contribution in [1.82, 2.24) is 0 Å². The van der Waals surface area contributed by atoms with E-state index in [2.05, 4.69) is 53.7 Å². The first kappa shape index (κ1) is 22.6. The smallest absolute Gasteiger partial charge is 0.0363 e. The lowest BCUT2D eigenvalue weighted by molar-refractivity contribution is 0.586. The summed E-state index contributed by atoms with van der Waals surface area (Å²) in [6.07, 6.45) is 3.89. The molecule has 1 aromatic carbocycles. The first-order valence-electron chi connectivity index (χ1n) is 8.66. The molecule has 1 aromatic rings. The number of thioether (sulfide) groups is 1. The molecule has 1 nitrogen and oxygen atoms in total. The second-order valence-corrected chi connectivity index (χ2v) is 9.23. The Bertz CT molecular complexity index is 499. The van der Waals surface area contributed by atoms with Gasteiger partial charge in [0.2, 0.25) is 0 Å². The highest BCUT2D eigenvalue weighted by atomic mass is 32.2. The lowest BCUT2D eigenvalue weighted by Gasteiger charge is -2.30. The molecule has 0 aliphatic rings. The average molecular weight is 354 g/mol. The van der Waals surface area contributed by atoms with Crippen LogP contribution in [0.15, 0.2) is 17.0 Å². The molecule has 0 spiro atoms. The van der Waals surface area contributed by atoms with Gasteiger partial charge in [-0.3, -0.25) is 0 Å². The van der Waals surface area contributed by atoms with Crippen LogP contribution in [0.5, 0.6) is 0 Å². The van der Waals surface area contributed by atoms with Crippen molar-refractivity contribution in [1.29, 1.82) is 5.41 Å². The number of nitrogens with one attached hydrogen (secondary N) is 1. The second kappa shape index (κ2) is 9.78. The summed E-state index contributed by atoms with van der Waals surface area (Å²) in [6.45, 7) is 17.4. The molecule has 1 N–H and O–H groups in total. The van der Waals surface area contributed by atoms with Crippen molar-refractivity contribution >= 4 is 30.6 Å². The molecule has 0 amide bonds. The highest BCUT2D eigenvalue weighted by Gasteiger charge is 2.27. The summed E-state index contributed by atoms with van der Waals surface area (Å²) in [5.41, 5.74) is 3.53. The molecular weight excluding hydrogens is 318 g/mol. The Kier molecular flexibility index (Phi) is 9.61. The standard InChI is InChI=1S/C18H29NS2.C2H6/c1-7-8-9-21-18(5,6)15-11-14(17(2,3)4)10-13(12-19)16(15)20;1-2/h10-12,19-20H,7-9H2,1-6H3;1-2H3. The van der Waals surface area contributed by atoms with Crippen molar-refractivity contribution in [3.63, 3.8) is 0 Å². The normalized spacial score (nSPS) is 11.7. The van der Waals surface area contributed by atoms with E-state index in [1.165, 1.54) is 30.2 Å². The van der Waals surface area contributed by atoms with E-state index in [0.717, 1.165) is 16.2 Å². The summed E-state index contributed by atoms with van der Waals surface area (Å²) in [5.74, 6) is 1.16. The highest BCUT2D eigenvalue weighted by Crippen LogP contribution is 2.42. The van der Waals surface area contributed by atoms with Gasteiger partial charge in [0.15, 0.2) is 0 Å². The first-order valence-corrected chi connectivity index (χ1v) is 10.1. The van der Waals surface area contributed by atoms with Crippen LogP contribution in [0.4, 0.5) is 0 Å². The number of rotatable bonds is 6. The minimum absolute atomic E-state index is 0.0191. The molecule has 0 unspecified atom stereocenters. The van der Waals surface area contributed by atoms with Crippen molar-refractivity contribution in [3.05, 3.63) is 28.8 Å². The summed E-state index contributed by atoms with van der Waals surface area (Å²) >= 11 is 6.69. The maximum Gasteiger partial charge on any atom is 0.0363 e. The summed E-state index contributed by atoms with van der Waals surface area (Å²) in [6, 6.07) is 4.39.